The van der Waals surface area contributed by atoms with Gasteiger partial charge < -0.3 is 15.2 Å². The Hall–Kier alpha value is -1.19. The largest absolute Gasteiger partial charge is 0.400 e. The molecule has 0 radical (unpaired) electrons. The topological polar surface area (TPSA) is 49.3 Å². The minimum absolute atomic E-state index is 0.451. The van der Waals surface area contributed by atoms with Crippen LogP contribution in [0.5, 0.6) is 0 Å². The van der Waals surface area contributed by atoms with Crippen LogP contribution in [-0.4, -0.2) is 31.6 Å². The summed E-state index contributed by atoms with van der Waals surface area (Å²) in [6, 6.07) is 10.2. The van der Waals surface area contributed by atoms with E-state index in [2.05, 4.69) is 17.4 Å². The van der Waals surface area contributed by atoms with Crippen molar-refractivity contribution < 1.29 is 9.90 Å². The number of aliphatic hydroxyl groups excluding tert-OH is 1. The van der Waals surface area contributed by atoms with Gasteiger partial charge in [0.05, 0.1) is 6.54 Å². The Morgan fingerprint density at radius 2 is 1.93 bits per heavy atom. The van der Waals surface area contributed by atoms with Crippen molar-refractivity contribution in [2.45, 2.75) is 6.42 Å². The van der Waals surface area contributed by atoms with Crippen LogP contribution in [0.1, 0.15) is 5.56 Å². The smallest absolute Gasteiger partial charge is 0.133 e. The Kier molecular flexibility index (Phi) is 9.05. The normalized spacial score (nSPS) is 8.71. The van der Waals surface area contributed by atoms with Crippen LogP contribution in [0.4, 0.5) is 0 Å². The Morgan fingerprint density at radius 3 is 2.50 bits per heavy atom. The van der Waals surface area contributed by atoms with E-state index in [1.54, 1.807) is 0 Å². The molecule has 14 heavy (non-hydrogen) atoms. The second-order valence-corrected chi connectivity index (χ2v) is 2.61. The first-order valence-corrected chi connectivity index (χ1v) is 4.56. The summed E-state index contributed by atoms with van der Waals surface area (Å²) in [5.74, 6) is 0. The van der Waals surface area contributed by atoms with Crippen LogP contribution < -0.4 is 5.32 Å². The van der Waals surface area contributed by atoms with Crippen molar-refractivity contribution in [3.05, 3.63) is 35.9 Å². The maximum Gasteiger partial charge on any atom is 0.133 e. The summed E-state index contributed by atoms with van der Waals surface area (Å²) in [4.78, 5) is 9.95. The zero-order valence-electron chi connectivity index (χ0n) is 8.44. The molecule has 3 nitrogen and oxygen atoms in total. The first kappa shape index (κ1) is 12.8. The summed E-state index contributed by atoms with van der Waals surface area (Å²) in [5.41, 5.74) is 1.30. The molecule has 0 spiro atoms. The second-order valence-electron chi connectivity index (χ2n) is 2.61. The van der Waals surface area contributed by atoms with Crippen molar-refractivity contribution in [1.82, 2.24) is 5.32 Å². The standard InChI is InChI=1S/C10H13NO.CH4O/c12-9-8-11-7-6-10-4-2-1-3-5-10;1-2/h1-5,9,11H,6-8H2;2H,1H3. The van der Waals surface area contributed by atoms with Crippen LogP contribution in [0.15, 0.2) is 30.3 Å². The van der Waals surface area contributed by atoms with Gasteiger partial charge in [0, 0.05) is 7.11 Å². The molecule has 1 aromatic rings. The van der Waals surface area contributed by atoms with Crippen LogP contribution in [0.3, 0.4) is 0 Å². The number of nitrogens with one attached hydrogen (secondary N) is 1. The van der Waals surface area contributed by atoms with Crippen LogP contribution in [0.2, 0.25) is 0 Å². The highest BCUT2D eigenvalue weighted by atomic mass is 16.2. The fourth-order valence-corrected chi connectivity index (χ4v) is 1.04. The number of aliphatic hydroxyl groups is 1. The lowest BCUT2D eigenvalue weighted by molar-refractivity contribution is -0.107. The molecule has 78 valence electrons. The minimum Gasteiger partial charge on any atom is -0.400 e. The van der Waals surface area contributed by atoms with E-state index >= 15 is 0 Å². The van der Waals surface area contributed by atoms with Gasteiger partial charge in [-0.3, -0.25) is 0 Å². The van der Waals surface area contributed by atoms with E-state index in [1.807, 2.05) is 18.2 Å². The van der Waals surface area contributed by atoms with Crippen molar-refractivity contribution in [3.63, 3.8) is 0 Å². The van der Waals surface area contributed by atoms with E-state index in [1.165, 1.54) is 5.56 Å². The number of hydrogen-bond acceptors (Lipinski definition) is 3. The Balaban J connectivity index is 0.000000791. The fourth-order valence-electron chi connectivity index (χ4n) is 1.04. The molecule has 1 aromatic carbocycles. The van der Waals surface area contributed by atoms with Gasteiger partial charge in [-0.1, -0.05) is 30.3 Å². The third-order valence-electron chi connectivity index (χ3n) is 1.66. The lowest BCUT2D eigenvalue weighted by Crippen LogP contribution is -2.19. The molecule has 0 saturated carbocycles. The quantitative estimate of drug-likeness (QED) is 0.535. The van der Waals surface area contributed by atoms with Gasteiger partial charge in [0.15, 0.2) is 0 Å². The molecule has 0 atom stereocenters. The van der Waals surface area contributed by atoms with Gasteiger partial charge in [-0.2, -0.15) is 0 Å². The summed E-state index contributed by atoms with van der Waals surface area (Å²) in [5, 5.41) is 10.0. The van der Waals surface area contributed by atoms with Crippen LogP contribution >= 0.6 is 0 Å². The van der Waals surface area contributed by atoms with Crippen molar-refractivity contribution >= 4 is 6.29 Å². The molecular weight excluding hydrogens is 178 g/mol. The van der Waals surface area contributed by atoms with Crippen LogP contribution in [-0.2, 0) is 11.2 Å². The number of rotatable bonds is 5. The van der Waals surface area contributed by atoms with E-state index < -0.39 is 0 Å². The summed E-state index contributed by atoms with van der Waals surface area (Å²) < 4.78 is 0. The van der Waals surface area contributed by atoms with Gasteiger partial charge in [-0.15, -0.1) is 0 Å². The zero-order chi connectivity index (χ0) is 10.6. The maximum absolute atomic E-state index is 9.95. The Bertz CT molecular complexity index is 224. The molecule has 0 heterocycles. The van der Waals surface area contributed by atoms with Gasteiger partial charge in [-0.05, 0) is 18.5 Å². The monoisotopic (exact) mass is 195 g/mol. The molecular formula is C11H17NO2. The first-order valence-electron chi connectivity index (χ1n) is 4.56. The molecule has 0 fully saturated rings. The zero-order valence-corrected chi connectivity index (χ0v) is 8.44. The van der Waals surface area contributed by atoms with Gasteiger partial charge >= 0.3 is 0 Å². The predicted octanol–water partition coefficient (Wildman–Crippen LogP) is 0.626. The second kappa shape index (κ2) is 9.89. The number of benzene rings is 1. The van der Waals surface area contributed by atoms with E-state index in [4.69, 9.17) is 5.11 Å². The predicted molar refractivity (Wildman–Crippen MR) is 57.2 cm³/mol. The molecule has 2 N–H and O–H groups in total. The van der Waals surface area contributed by atoms with Crippen molar-refractivity contribution in [2.75, 3.05) is 20.2 Å². The van der Waals surface area contributed by atoms with Gasteiger partial charge in [0.2, 0.25) is 0 Å². The molecule has 0 aliphatic rings. The SMILES string of the molecule is CO.O=CCNCCc1ccccc1. The number of aldehydes is 1. The molecule has 0 aromatic heterocycles. The third-order valence-corrected chi connectivity index (χ3v) is 1.66. The molecule has 0 unspecified atom stereocenters. The third kappa shape index (κ3) is 6.34. The van der Waals surface area contributed by atoms with Crippen molar-refractivity contribution in [2.24, 2.45) is 0 Å². The molecule has 0 saturated heterocycles. The van der Waals surface area contributed by atoms with Gasteiger partial charge in [0.25, 0.3) is 0 Å². The minimum atomic E-state index is 0.451. The number of hydrogen-bond donors (Lipinski definition) is 2. The summed E-state index contributed by atoms with van der Waals surface area (Å²) in [6.07, 6.45) is 1.86. The van der Waals surface area contributed by atoms with Gasteiger partial charge in [-0.25, -0.2) is 0 Å². The molecule has 3 heteroatoms. The van der Waals surface area contributed by atoms with Crippen molar-refractivity contribution in [1.29, 1.82) is 0 Å². The fraction of sp³-hybridized carbons (Fsp3) is 0.364. The Morgan fingerprint density at radius 1 is 1.29 bits per heavy atom. The average Bonchev–Trinajstić information content (AvgIpc) is 2.29. The molecule has 0 aliphatic carbocycles. The lowest BCUT2D eigenvalue weighted by Gasteiger charge is -2.00. The maximum atomic E-state index is 9.95. The van der Waals surface area contributed by atoms with E-state index in [9.17, 15) is 4.79 Å². The highest BCUT2D eigenvalue weighted by molar-refractivity contribution is 5.51. The Labute approximate surface area is 84.8 Å². The molecule has 0 aliphatic heterocycles. The van der Waals surface area contributed by atoms with Crippen LogP contribution in [0.25, 0.3) is 0 Å². The summed E-state index contributed by atoms with van der Waals surface area (Å²) >= 11 is 0. The van der Waals surface area contributed by atoms with E-state index in [0.29, 0.717) is 6.54 Å². The van der Waals surface area contributed by atoms with Gasteiger partial charge in [0.1, 0.15) is 6.29 Å². The summed E-state index contributed by atoms with van der Waals surface area (Å²) in [7, 11) is 1.00. The summed E-state index contributed by atoms with van der Waals surface area (Å²) in [6.45, 7) is 1.32. The van der Waals surface area contributed by atoms with Crippen LogP contribution in [0, 0.1) is 0 Å². The van der Waals surface area contributed by atoms with Crippen molar-refractivity contribution in [3.8, 4) is 0 Å². The average molecular weight is 195 g/mol. The molecule has 1 rings (SSSR count). The number of carbonyl (C=O) groups is 1. The highest BCUT2D eigenvalue weighted by Gasteiger charge is 1.89. The lowest BCUT2D eigenvalue weighted by atomic mass is 10.1. The number of carbonyl (C=O) groups excluding carboxylic acids is 1. The molecule has 0 amide bonds. The first-order chi connectivity index (χ1) is 6.93. The highest BCUT2D eigenvalue weighted by Crippen LogP contribution is 1.97. The van der Waals surface area contributed by atoms with E-state index in [0.717, 1.165) is 26.4 Å². The van der Waals surface area contributed by atoms with E-state index in [-0.39, 0.29) is 0 Å². The molecule has 0 bridgehead atoms.